The van der Waals surface area contributed by atoms with Crippen LogP contribution in [0.15, 0.2) is 18.3 Å². The second-order valence-corrected chi connectivity index (χ2v) is 11.5. The predicted molar refractivity (Wildman–Crippen MR) is 85.2 cm³/mol. The molecule has 1 aromatic carbocycles. The van der Waals surface area contributed by atoms with E-state index >= 15 is 0 Å². The molecule has 1 aromatic heterocycles. The number of nitrogens with zero attached hydrogens (tertiary/aromatic N) is 3. The van der Waals surface area contributed by atoms with Crippen LogP contribution in [0.2, 0.25) is 18.1 Å². The van der Waals surface area contributed by atoms with Gasteiger partial charge in [0.2, 0.25) is 0 Å². The maximum absolute atomic E-state index is 11.3. The fourth-order valence-corrected chi connectivity index (χ4v) is 2.84. The fourth-order valence-electron chi connectivity index (χ4n) is 1.82. The first-order valence-corrected chi connectivity index (χ1v) is 9.73. The summed E-state index contributed by atoms with van der Waals surface area (Å²) in [4.78, 5) is 10.9. The lowest BCUT2D eigenvalue weighted by Gasteiger charge is -2.36. The van der Waals surface area contributed by atoms with Gasteiger partial charge >= 0.3 is 5.69 Å². The number of aromatic nitrogens is 2. The normalized spacial score (nSPS) is 12.7. The highest BCUT2D eigenvalue weighted by Crippen LogP contribution is 2.40. The number of hydrogen-bond donors (Lipinski definition) is 0. The van der Waals surface area contributed by atoms with Crippen molar-refractivity contribution in [3.8, 4) is 5.75 Å². The molecular formula is C14H21N3O3Si. The number of nitro benzene ring substituents is 1. The van der Waals surface area contributed by atoms with Crippen LogP contribution in [0.5, 0.6) is 5.75 Å². The molecule has 0 unspecified atom stereocenters. The molecule has 114 valence electrons. The van der Waals surface area contributed by atoms with Crippen molar-refractivity contribution in [2.45, 2.75) is 38.9 Å². The van der Waals surface area contributed by atoms with Gasteiger partial charge in [0.15, 0.2) is 5.75 Å². The molecule has 2 aromatic rings. The van der Waals surface area contributed by atoms with Crippen LogP contribution in [-0.4, -0.2) is 23.0 Å². The van der Waals surface area contributed by atoms with E-state index in [1.807, 2.05) is 0 Å². The van der Waals surface area contributed by atoms with Crippen LogP contribution >= 0.6 is 0 Å². The Labute approximate surface area is 125 Å². The van der Waals surface area contributed by atoms with Crippen molar-refractivity contribution in [2.75, 3.05) is 0 Å². The highest BCUT2D eigenvalue weighted by atomic mass is 28.4. The lowest BCUT2D eigenvalue weighted by Crippen LogP contribution is -2.44. The van der Waals surface area contributed by atoms with Gasteiger partial charge in [0, 0.05) is 30.8 Å². The van der Waals surface area contributed by atoms with Crippen LogP contribution < -0.4 is 4.43 Å². The summed E-state index contributed by atoms with van der Waals surface area (Å²) in [5, 5.41) is 16.3. The van der Waals surface area contributed by atoms with Gasteiger partial charge in [0.05, 0.1) is 10.4 Å². The number of nitro groups is 1. The minimum atomic E-state index is -2.14. The Morgan fingerprint density at radius 1 is 1.33 bits per heavy atom. The second-order valence-electron chi connectivity index (χ2n) is 6.80. The molecule has 7 heteroatoms. The molecule has 0 aliphatic carbocycles. The molecule has 0 fully saturated rings. The number of hydrogen-bond acceptors (Lipinski definition) is 4. The number of aryl methyl sites for hydroxylation is 1. The molecule has 0 saturated carbocycles. The predicted octanol–water partition coefficient (Wildman–Crippen LogP) is 3.87. The average Bonchev–Trinajstić information content (AvgIpc) is 2.64. The largest absolute Gasteiger partial charge is 0.539 e. The molecule has 0 radical (unpaired) electrons. The lowest BCUT2D eigenvalue weighted by molar-refractivity contribution is -0.385. The topological polar surface area (TPSA) is 70.2 Å². The summed E-state index contributed by atoms with van der Waals surface area (Å²) in [5.74, 6) is 0.317. The lowest BCUT2D eigenvalue weighted by atomic mass is 10.2. The van der Waals surface area contributed by atoms with Gasteiger partial charge < -0.3 is 4.43 Å². The number of rotatable bonds is 3. The Kier molecular flexibility index (Phi) is 3.57. The molecule has 0 amide bonds. The molecule has 0 atom stereocenters. The van der Waals surface area contributed by atoms with E-state index in [0.29, 0.717) is 11.3 Å². The van der Waals surface area contributed by atoms with E-state index in [9.17, 15) is 10.1 Å². The first-order chi connectivity index (χ1) is 9.51. The smallest absolute Gasteiger partial charge is 0.310 e. The third kappa shape index (κ3) is 2.92. The Hall–Kier alpha value is -1.89. The van der Waals surface area contributed by atoms with Gasteiger partial charge in [-0.25, -0.2) is 0 Å². The molecule has 21 heavy (non-hydrogen) atoms. The van der Waals surface area contributed by atoms with E-state index < -0.39 is 13.2 Å². The third-order valence-electron chi connectivity index (χ3n) is 4.07. The van der Waals surface area contributed by atoms with Crippen molar-refractivity contribution >= 4 is 24.9 Å². The summed E-state index contributed by atoms with van der Waals surface area (Å²) >= 11 is 0. The maximum Gasteiger partial charge on any atom is 0.310 e. The highest BCUT2D eigenvalue weighted by molar-refractivity contribution is 6.74. The quantitative estimate of drug-likeness (QED) is 0.490. The fraction of sp³-hybridized carbons (Fsp3) is 0.500. The Morgan fingerprint density at radius 2 is 1.95 bits per heavy atom. The van der Waals surface area contributed by atoms with E-state index in [1.165, 1.54) is 6.07 Å². The molecule has 0 aliphatic rings. The van der Waals surface area contributed by atoms with Crippen molar-refractivity contribution < 1.29 is 9.35 Å². The standard InChI is InChI=1S/C14H21N3O3Si/c1-14(2,3)21(5,6)20-13-8-11-10(9-16(4)15-11)7-12(13)17(18)19/h7-9H,1-6H3. The summed E-state index contributed by atoms with van der Waals surface area (Å²) in [6.45, 7) is 10.4. The summed E-state index contributed by atoms with van der Waals surface area (Å²) in [6.07, 6.45) is 1.76. The van der Waals surface area contributed by atoms with Crippen molar-refractivity contribution in [1.82, 2.24) is 9.78 Å². The van der Waals surface area contributed by atoms with Crippen molar-refractivity contribution in [3.05, 3.63) is 28.4 Å². The van der Waals surface area contributed by atoms with Crippen LogP contribution in [0.3, 0.4) is 0 Å². The van der Waals surface area contributed by atoms with Gasteiger partial charge in [-0.15, -0.1) is 0 Å². The SMILES string of the molecule is Cn1cc2cc([N+](=O)[O-])c(O[Si](C)(C)C(C)(C)C)cc2n1. The van der Waals surface area contributed by atoms with E-state index in [2.05, 4.69) is 39.0 Å². The van der Waals surface area contributed by atoms with Crippen LogP contribution in [0.1, 0.15) is 20.8 Å². The van der Waals surface area contributed by atoms with Gasteiger partial charge in [0.25, 0.3) is 8.32 Å². The first-order valence-electron chi connectivity index (χ1n) is 6.82. The Bertz CT molecular complexity index is 701. The van der Waals surface area contributed by atoms with Crippen molar-refractivity contribution in [2.24, 2.45) is 7.05 Å². The van der Waals surface area contributed by atoms with Gasteiger partial charge in [-0.2, -0.15) is 5.10 Å². The summed E-state index contributed by atoms with van der Waals surface area (Å²) in [6, 6.07) is 3.21. The zero-order valence-corrected chi connectivity index (χ0v) is 14.3. The van der Waals surface area contributed by atoms with Gasteiger partial charge in [-0.3, -0.25) is 14.8 Å². The molecule has 0 saturated heterocycles. The Morgan fingerprint density at radius 3 is 2.48 bits per heavy atom. The van der Waals surface area contributed by atoms with Gasteiger partial charge in [-0.05, 0) is 18.1 Å². The number of benzene rings is 1. The van der Waals surface area contributed by atoms with E-state index in [-0.39, 0.29) is 10.7 Å². The molecule has 0 spiro atoms. The van der Waals surface area contributed by atoms with E-state index in [1.54, 1.807) is 24.0 Å². The highest BCUT2D eigenvalue weighted by Gasteiger charge is 2.40. The number of fused-ring (bicyclic) bond motifs is 1. The van der Waals surface area contributed by atoms with Gasteiger partial charge in [0.1, 0.15) is 0 Å². The van der Waals surface area contributed by atoms with Crippen LogP contribution in [0.25, 0.3) is 10.9 Å². The molecule has 1 heterocycles. The van der Waals surface area contributed by atoms with Gasteiger partial charge in [-0.1, -0.05) is 20.8 Å². The van der Waals surface area contributed by atoms with E-state index in [0.717, 1.165) is 5.39 Å². The molecule has 0 aliphatic heterocycles. The first kappa shape index (κ1) is 15.5. The van der Waals surface area contributed by atoms with Crippen molar-refractivity contribution in [3.63, 3.8) is 0 Å². The molecule has 0 bridgehead atoms. The Balaban J connectivity index is 2.56. The zero-order chi connectivity index (χ0) is 16.0. The second kappa shape index (κ2) is 4.83. The molecule has 0 N–H and O–H groups in total. The van der Waals surface area contributed by atoms with E-state index in [4.69, 9.17) is 4.43 Å². The average molecular weight is 307 g/mol. The van der Waals surface area contributed by atoms with Crippen LogP contribution in [-0.2, 0) is 7.05 Å². The zero-order valence-electron chi connectivity index (χ0n) is 13.3. The summed E-state index contributed by atoms with van der Waals surface area (Å²) in [7, 11) is -0.351. The van der Waals surface area contributed by atoms with Crippen LogP contribution in [0, 0.1) is 10.1 Å². The minimum Gasteiger partial charge on any atom is -0.539 e. The van der Waals surface area contributed by atoms with Crippen molar-refractivity contribution in [1.29, 1.82) is 0 Å². The summed E-state index contributed by atoms with van der Waals surface area (Å²) < 4.78 is 7.77. The maximum atomic E-state index is 11.3. The summed E-state index contributed by atoms with van der Waals surface area (Å²) in [5.41, 5.74) is 0.706. The molecular weight excluding hydrogens is 286 g/mol. The molecule has 6 nitrogen and oxygen atoms in total. The molecule has 2 rings (SSSR count). The monoisotopic (exact) mass is 307 g/mol. The van der Waals surface area contributed by atoms with Crippen LogP contribution in [0.4, 0.5) is 5.69 Å². The third-order valence-corrected chi connectivity index (χ3v) is 8.41. The minimum absolute atomic E-state index is 0.000301.